The number of halogens is 3. The van der Waals surface area contributed by atoms with Gasteiger partial charge in [-0.05, 0) is 52.1 Å². The molecule has 8 rings (SSSR count). The van der Waals surface area contributed by atoms with Crippen LogP contribution < -0.4 is 10.1 Å². The monoisotopic (exact) mass is 917 g/mol. The Hall–Kier alpha value is -6.70. The van der Waals surface area contributed by atoms with E-state index in [2.05, 4.69) is 26.2 Å². The molecule has 1 fully saturated rings. The molecule has 14 heteroatoms. The van der Waals surface area contributed by atoms with E-state index in [0.717, 1.165) is 16.7 Å². The maximum absolute atomic E-state index is 17.9. The third-order valence-electron chi connectivity index (χ3n) is 11.0. The van der Waals surface area contributed by atoms with Crippen molar-refractivity contribution in [2.24, 2.45) is 0 Å². The molecule has 11 nitrogen and oxygen atoms in total. The lowest BCUT2D eigenvalue weighted by Gasteiger charge is -2.37. The molecule has 5 aromatic carbocycles. The molecule has 0 spiro atoms. The van der Waals surface area contributed by atoms with Crippen molar-refractivity contribution >= 4 is 51.5 Å². The Labute approximate surface area is 356 Å². The lowest BCUT2D eigenvalue weighted by atomic mass is 9.64. The van der Waals surface area contributed by atoms with E-state index in [1.807, 2.05) is 84.9 Å². The van der Waals surface area contributed by atoms with Crippen molar-refractivity contribution in [3.05, 3.63) is 185 Å². The number of nitrogens with zero attached hydrogens (tertiary/aromatic N) is 4. The number of ether oxygens (including phenoxy) is 2. The number of imidazole rings is 1. The number of aromatic carboxylic acids is 2. The number of carboxylic acids is 2. The molecular weight excluding hydrogens is 883 g/mol. The highest BCUT2D eigenvalue weighted by atomic mass is 127. The average molecular weight is 918 g/mol. The van der Waals surface area contributed by atoms with Crippen LogP contribution in [-0.4, -0.2) is 59.1 Å². The Bertz CT molecular complexity index is 2750. The summed E-state index contributed by atoms with van der Waals surface area (Å²) in [7, 11) is 1.56. The van der Waals surface area contributed by atoms with Crippen LogP contribution in [0.3, 0.4) is 0 Å². The van der Waals surface area contributed by atoms with Gasteiger partial charge in [0.1, 0.15) is 16.7 Å². The fraction of sp³-hybridized carbons (Fsp3) is 0.152. The van der Waals surface area contributed by atoms with Gasteiger partial charge in [-0.2, -0.15) is 14.4 Å². The van der Waals surface area contributed by atoms with Crippen LogP contribution >= 0.6 is 22.6 Å². The number of fused-ring (bicyclic) bond motifs is 1. The predicted octanol–water partition coefficient (Wildman–Crippen LogP) is 8.76. The van der Waals surface area contributed by atoms with Crippen LogP contribution in [0.1, 0.15) is 60.7 Å². The van der Waals surface area contributed by atoms with Gasteiger partial charge in [0.25, 0.3) is 0 Å². The first-order chi connectivity index (χ1) is 29.0. The second-order valence-corrected chi connectivity index (χ2v) is 14.8. The summed E-state index contributed by atoms with van der Waals surface area (Å²) in [6, 6.07) is 37.9. The zero-order chi connectivity index (χ0) is 42.2. The molecule has 2 aromatic heterocycles. The van der Waals surface area contributed by atoms with E-state index in [-0.39, 0.29) is 43.7 Å². The Kier molecular flexibility index (Phi) is 10.6. The van der Waals surface area contributed by atoms with Crippen LogP contribution in [-0.2, 0) is 15.7 Å². The number of hydrogen-bond acceptors (Lipinski definition) is 8. The largest absolute Gasteiger partial charge is 0.497 e. The van der Waals surface area contributed by atoms with Crippen molar-refractivity contribution in [1.82, 2.24) is 19.5 Å². The molecule has 0 unspecified atom stereocenters. The molecule has 1 aliphatic heterocycles. The van der Waals surface area contributed by atoms with Gasteiger partial charge in [-0.15, -0.1) is 6.42 Å². The van der Waals surface area contributed by atoms with E-state index >= 15 is 8.78 Å². The molecule has 0 saturated carbocycles. The molecule has 1 aliphatic rings. The number of carboxylic acid groups (broad SMARTS) is 2. The number of nitrogens with one attached hydrogen (secondary N) is 1. The molecule has 3 N–H and O–H groups in total. The van der Waals surface area contributed by atoms with Gasteiger partial charge >= 0.3 is 18.0 Å². The van der Waals surface area contributed by atoms with E-state index in [4.69, 9.17) is 15.9 Å². The minimum absolute atomic E-state index is 0.0348. The first-order valence-electron chi connectivity index (χ1n) is 18.5. The number of rotatable bonds is 12. The van der Waals surface area contributed by atoms with Crippen LogP contribution in [0, 0.1) is 18.4 Å². The molecule has 0 aliphatic carbocycles. The maximum atomic E-state index is 17.9. The molecule has 0 radical (unpaired) electrons. The Morgan fingerprint density at radius 1 is 0.867 bits per heavy atom. The van der Waals surface area contributed by atoms with E-state index in [0.29, 0.717) is 5.75 Å². The van der Waals surface area contributed by atoms with Crippen LogP contribution in [0.5, 0.6) is 5.75 Å². The van der Waals surface area contributed by atoms with Gasteiger partial charge in [-0.3, -0.25) is 4.57 Å². The summed E-state index contributed by atoms with van der Waals surface area (Å²) in [5, 5.41) is 24.4. The average Bonchev–Trinajstić information content (AvgIpc) is 3.82. The van der Waals surface area contributed by atoms with Gasteiger partial charge in [0.15, 0.2) is 23.2 Å². The fourth-order valence-corrected chi connectivity index (χ4v) is 9.07. The molecular formula is C46H34F2IN5O6. The fourth-order valence-electron chi connectivity index (χ4n) is 8.45. The van der Waals surface area contributed by atoms with Gasteiger partial charge in [0, 0.05) is 0 Å². The van der Waals surface area contributed by atoms with Crippen molar-refractivity contribution in [3.8, 4) is 18.1 Å². The maximum Gasteiger partial charge on any atom is 0.336 e. The van der Waals surface area contributed by atoms with Gasteiger partial charge in [0.05, 0.1) is 34.9 Å². The minimum Gasteiger partial charge on any atom is -0.497 e. The Balaban J connectivity index is 1.40. The summed E-state index contributed by atoms with van der Waals surface area (Å²) in [6.07, 6.45) is 4.90. The number of methoxy groups -OCH3 is 1. The molecule has 0 bridgehead atoms. The second-order valence-electron chi connectivity index (χ2n) is 14.1. The van der Waals surface area contributed by atoms with Crippen molar-refractivity contribution in [2.75, 3.05) is 16.9 Å². The minimum atomic E-state index is -2.72. The van der Waals surface area contributed by atoms with Gasteiger partial charge in [0.2, 0.25) is 5.85 Å². The second kappa shape index (κ2) is 15.8. The van der Waals surface area contributed by atoms with Crippen molar-refractivity contribution in [3.63, 3.8) is 0 Å². The summed E-state index contributed by atoms with van der Waals surface area (Å²) >= 11 is 1.78. The molecule has 300 valence electrons. The smallest absolute Gasteiger partial charge is 0.336 e. The SMILES string of the molecule is C#C[C@]1(c2ccccc2C(=O)O)[C@H](n2cnc3c(NC(c4ccccc4)(c4ccccc4)c4ccc(OC)cc4)nc(F)nc32)O[C@](F)(CI)[C@H]1c1ccccc1C(=O)O. The summed E-state index contributed by atoms with van der Waals surface area (Å²) in [4.78, 5) is 38.7. The molecule has 60 heavy (non-hydrogen) atoms. The number of hydrogen-bond donors (Lipinski definition) is 3. The van der Waals surface area contributed by atoms with E-state index in [9.17, 15) is 19.8 Å². The first-order valence-corrected chi connectivity index (χ1v) is 20.0. The zero-order valence-electron chi connectivity index (χ0n) is 31.7. The quantitative estimate of drug-likeness (QED) is 0.0357. The van der Waals surface area contributed by atoms with Crippen molar-refractivity contribution in [2.45, 2.75) is 29.0 Å². The number of benzene rings is 5. The third kappa shape index (κ3) is 6.41. The number of aromatic nitrogens is 4. The highest BCUT2D eigenvalue weighted by Crippen LogP contribution is 2.62. The first kappa shape index (κ1) is 40.1. The zero-order valence-corrected chi connectivity index (χ0v) is 33.8. The van der Waals surface area contributed by atoms with Gasteiger partial charge < -0.3 is 25.0 Å². The van der Waals surface area contributed by atoms with E-state index in [1.165, 1.54) is 53.4 Å². The van der Waals surface area contributed by atoms with E-state index < -0.39 is 47.0 Å². The Morgan fingerprint density at radius 3 is 2.02 bits per heavy atom. The molecule has 3 heterocycles. The van der Waals surface area contributed by atoms with Crippen LogP contribution in [0.25, 0.3) is 11.2 Å². The number of anilines is 1. The molecule has 1 saturated heterocycles. The van der Waals surface area contributed by atoms with Gasteiger partial charge in [-0.1, -0.05) is 138 Å². The normalized spacial score (nSPS) is 20.1. The lowest BCUT2D eigenvalue weighted by Crippen LogP contribution is -2.42. The third-order valence-corrected chi connectivity index (χ3v) is 12.0. The number of alkyl halides is 2. The lowest BCUT2D eigenvalue weighted by molar-refractivity contribution is -0.143. The number of carbonyl (C=O) groups is 2. The van der Waals surface area contributed by atoms with Crippen molar-refractivity contribution < 1.29 is 38.1 Å². The highest BCUT2D eigenvalue weighted by molar-refractivity contribution is 14.1. The predicted molar refractivity (Wildman–Crippen MR) is 228 cm³/mol. The van der Waals surface area contributed by atoms with E-state index in [1.54, 1.807) is 35.8 Å². The molecule has 0 amide bonds. The molecule has 7 aromatic rings. The van der Waals surface area contributed by atoms with Crippen molar-refractivity contribution in [1.29, 1.82) is 0 Å². The summed E-state index contributed by atoms with van der Waals surface area (Å²) < 4.78 is 46.8. The summed E-state index contributed by atoms with van der Waals surface area (Å²) in [5.41, 5.74) is -1.85. The topological polar surface area (TPSA) is 149 Å². The number of terminal acetylenes is 1. The van der Waals surface area contributed by atoms with Gasteiger partial charge in [-0.25, -0.2) is 19.0 Å². The van der Waals surface area contributed by atoms with Crippen LogP contribution in [0.2, 0.25) is 0 Å². The summed E-state index contributed by atoms with van der Waals surface area (Å²) in [5.74, 6) is -3.82. The standard InChI is InChI=1S/C46H34F2IN5O6/c1-3-44(35-21-13-12-20-34(35)41(57)58)37(32-18-10-11-19-33(32)40(55)56)45(48,26-49)60-42(44)54-27-50-36-38(51-43(47)52-39(36)54)53-46(28-14-6-4-7-15-28,29-16-8-5-9-17-29)30-22-24-31(59-2)25-23-30/h1,4-25,27,37,42H,26H2,2H3,(H,55,56)(H,57,58)(H,51,52,53)/t37-,42+,44+,45+/m0/s1. The molecule has 4 atom stereocenters. The Morgan fingerprint density at radius 2 is 1.43 bits per heavy atom. The van der Waals surface area contributed by atoms with Crippen LogP contribution in [0.4, 0.5) is 14.6 Å². The summed E-state index contributed by atoms with van der Waals surface area (Å²) in [6.45, 7) is 0. The highest BCUT2D eigenvalue weighted by Gasteiger charge is 2.67. The van der Waals surface area contributed by atoms with Crippen LogP contribution in [0.15, 0.2) is 140 Å².